The molecule has 3 heterocycles. The van der Waals surface area contributed by atoms with E-state index in [1.165, 1.54) is 22.2 Å². The highest BCUT2D eigenvalue weighted by atomic mass is 16.5. The summed E-state index contributed by atoms with van der Waals surface area (Å²) in [7, 11) is 0. The summed E-state index contributed by atoms with van der Waals surface area (Å²) in [6.07, 6.45) is 2.91. The first-order valence-electron chi connectivity index (χ1n) is 9.95. The first-order valence-corrected chi connectivity index (χ1v) is 9.95. The summed E-state index contributed by atoms with van der Waals surface area (Å²) < 4.78 is 5.49. The molecule has 0 spiro atoms. The van der Waals surface area contributed by atoms with Gasteiger partial charge in [-0.25, -0.2) is 0 Å². The van der Waals surface area contributed by atoms with E-state index in [2.05, 4.69) is 58.4 Å². The van der Waals surface area contributed by atoms with E-state index < -0.39 is 0 Å². The predicted octanol–water partition coefficient (Wildman–Crippen LogP) is 3.46. The summed E-state index contributed by atoms with van der Waals surface area (Å²) in [6.45, 7) is 5.20. The topological polar surface area (TPSA) is 41.0 Å². The van der Waals surface area contributed by atoms with Crippen LogP contribution < -0.4 is 4.90 Å². The highest BCUT2D eigenvalue weighted by molar-refractivity contribution is 5.90. The molecule has 1 fully saturated rings. The highest BCUT2D eigenvalue weighted by Crippen LogP contribution is 2.27. The second-order valence-electron chi connectivity index (χ2n) is 7.33. The Morgan fingerprint density at radius 1 is 0.929 bits per heavy atom. The lowest BCUT2D eigenvalue weighted by Gasteiger charge is -2.32. The molecule has 3 aromatic rings. The summed E-state index contributed by atoms with van der Waals surface area (Å²) in [5.74, 6) is 0. The van der Waals surface area contributed by atoms with Gasteiger partial charge in [-0.1, -0.05) is 36.4 Å². The van der Waals surface area contributed by atoms with E-state index in [-0.39, 0.29) is 0 Å². The Labute approximate surface area is 165 Å². The van der Waals surface area contributed by atoms with Gasteiger partial charge in [-0.15, -0.1) is 0 Å². The molecule has 2 aliphatic heterocycles. The number of pyridine rings is 1. The van der Waals surface area contributed by atoms with Crippen molar-refractivity contribution in [2.24, 2.45) is 5.10 Å². The Bertz CT molecular complexity index is 1010. The van der Waals surface area contributed by atoms with Crippen LogP contribution in [0.25, 0.3) is 10.9 Å². The van der Waals surface area contributed by atoms with Gasteiger partial charge in [-0.3, -0.25) is 9.99 Å². The standard InChI is InChI=1S/C23H24N4O/c1-2-6-22-18(4-1)8-9-20(25-22)10-11-27-17-19-5-3-7-23(21(19)16-24-27)26-12-14-28-15-13-26/h1-9,16H,10-15,17H2. The third-order valence-corrected chi connectivity index (χ3v) is 5.51. The minimum atomic E-state index is 0.797. The molecule has 5 nitrogen and oxygen atoms in total. The fourth-order valence-corrected chi connectivity index (χ4v) is 3.97. The summed E-state index contributed by atoms with van der Waals surface area (Å²) in [4.78, 5) is 7.19. The number of aromatic nitrogens is 1. The van der Waals surface area contributed by atoms with E-state index in [9.17, 15) is 0 Å². The average Bonchev–Trinajstić information content (AvgIpc) is 2.77. The quantitative estimate of drug-likeness (QED) is 0.703. The Kier molecular flexibility index (Phi) is 4.67. The molecule has 0 atom stereocenters. The summed E-state index contributed by atoms with van der Waals surface area (Å²) in [5.41, 5.74) is 6.04. The molecule has 2 aromatic carbocycles. The SMILES string of the molecule is C1=NN(CCc2ccc3ccccc3n2)Cc2cccc(N3CCOCC3)c21. The Morgan fingerprint density at radius 2 is 1.82 bits per heavy atom. The molecule has 0 aliphatic carbocycles. The normalized spacial score (nSPS) is 16.4. The maximum absolute atomic E-state index is 5.49. The molecule has 1 aromatic heterocycles. The number of ether oxygens (including phenoxy) is 1. The number of nitrogens with zero attached hydrogens (tertiary/aromatic N) is 4. The molecular formula is C23H24N4O. The van der Waals surface area contributed by atoms with E-state index in [1.807, 2.05) is 12.3 Å². The number of benzene rings is 2. The van der Waals surface area contributed by atoms with Gasteiger partial charge in [0, 0.05) is 48.4 Å². The van der Waals surface area contributed by atoms with Crippen LogP contribution in [0.3, 0.4) is 0 Å². The molecule has 142 valence electrons. The molecular weight excluding hydrogens is 348 g/mol. The lowest BCUT2D eigenvalue weighted by Crippen LogP contribution is -2.37. The molecule has 0 bridgehead atoms. The minimum Gasteiger partial charge on any atom is -0.378 e. The lowest BCUT2D eigenvalue weighted by molar-refractivity contribution is 0.122. The van der Waals surface area contributed by atoms with Gasteiger partial charge in [-0.05, 0) is 23.8 Å². The van der Waals surface area contributed by atoms with Crippen molar-refractivity contribution in [3.63, 3.8) is 0 Å². The van der Waals surface area contributed by atoms with Crippen LogP contribution in [-0.4, -0.2) is 49.1 Å². The Balaban J connectivity index is 1.29. The third-order valence-electron chi connectivity index (χ3n) is 5.51. The number of rotatable bonds is 4. The third kappa shape index (κ3) is 3.45. The molecule has 5 rings (SSSR count). The number of anilines is 1. The second kappa shape index (κ2) is 7.60. The van der Waals surface area contributed by atoms with Crippen LogP contribution in [0.1, 0.15) is 16.8 Å². The molecule has 0 N–H and O–H groups in total. The fourth-order valence-electron chi connectivity index (χ4n) is 3.97. The predicted molar refractivity (Wildman–Crippen MR) is 113 cm³/mol. The zero-order valence-electron chi connectivity index (χ0n) is 15.9. The summed E-state index contributed by atoms with van der Waals surface area (Å²) in [5, 5.41) is 8.05. The van der Waals surface area contributed by atoms with Gasteiger partial charge in [0.15, 0.2) is 0 Å². The number of fused-ring (bicyclic) bond motifs is 2. The van der Waals surface area contributed by atoms with E-state index in [4.69, 9.17) is 14.8 Å². The van der Waals surface area contributed by atoms with Crippen LogP contribution in [0.4, 0.5) is 5.69 Å². The van der Waals surface area contributed by atoms with Gasteiger partial charge in [0.2, 0.25) is 0 Å². The first-order chi connectivity index (χ1) is 13.9. The van der Waals surface area contributed by atoms with Gasteiger partial charge in [0.1, 0.15) is 0 Å². The molecule has 1 saturated heterocycles. The first kappa shape index (κ1) is 17.2. The van der Waals surface area contributed by atoms with Gasteiger partial charge in [0.25, 0.3) is 0 Å². The van der Waals surface area contributed by atoms with E-state index >= 15 is 0 Å². The van der Waals surface area contributed by atoms with Crippen molar-refractivity contribution < 1.29 is 4.74 Å². The van der Waals surface area contributed by atoms with Gasteiger partial charge in [-0.2, -0.15) is 5.10 Å². The zero-order valence-corrected chi connectivity index (χ0v) is 15.9. The van der Waals surface area contributed by atoms with Crippen LogP contribution in [0.5, 0.6) is 0 Å². The smallest absolute Gasteiger partial charge is 0.0705 e. The van der Waals surface area contributed by atoms with Crippen molar-refractivity contribution in [1.29, 1.82) is 0 Å². The number of hydrogen-bond donors (Lipinski definition) is 0. The lowest BCUT2D eigenvalue weighted by atomic mass is 10.0. The Hall–Kier alpha value is -2.92. The maximum atomic E-state index is 5.49. The minimum absolute atomic E-state index is 0.797. The molecule has 0 amide bonds. The van der Waals surface area contributed by atoms with E-state index in [0.29, 0.717) is 0 Å². The van der Waals surface area contributed by atoms with Crippen LogP contribution in [0.2, 0.25) is 0 Å². The molecule has 5 heteroatoms. The molecule has 28 heavy (non-hydrogen) atoms. The van der Waals surface area contributed by atoms with Crippen LogP contribution in [-0.2, 0) is 17.7 Å². The molecule has 0 radical (unpaired) electrons. The number of hydrazone groups is 1. The monoisotopic (exact) mass is 372 g/mol. The molecule has 0 unspecified atom stereocenters. The largest absolute Gasteiger partial charge is 0.378 e. The second-order valence-corrected chi connectivity index (χ2v) is 7.33. The highest BCUT2D eigenvalue weighted by Gasteiger charge is 2.19. The zero-order chi connectivity index (χ0) is 18.8. The van der Waals surface area contributed by atoms with Crippen LogP contribution >= 0.6 is 0 Å². The molecule has 0 saturated carbocycles. The fraction of sp³-hybridized carbons (Fsp3) is 0.304. The molecule has 2 aliphatic rings. The summed E-state index contributed by atoms with van der Waals surface area (Å²) in [6, 6.07) is 19.1. The number of hydrogen-bond acceptors (Lipinski definition) is 5. The van der Waals surface area contributed by atoms with Crippen molar-refractivity contribution in [3.8, 4) is 0 Å². The van der Waals surface area contributed by atoms with E-state index in [0.717, 1.165) is 57.0 Å². The van der Waals surface area contributed by atoms with Crippen molar-refractivity contribution in [3.05, 3.63) is 71.4 Å². The summed E-state index contributed by atoms with van der Waals surface area (Å²) >= 11 is 0. The van der Waals surface area contributed by atoms with E-state index in [1.54, 1.807) is 0 Å². The van der Waals surface area contributed by atoms with Crippen molar-refractivity contribution in [2.75, 3.05) is 37.7 Å². The van der Waals surface area contributed by atoms with Gasteiger partial charge in [0.05, 0.1) is 31.5 Å². The van der Waals surface area contributed by atoms with Crippen molar-refractivity contribution in [1.82, 2.24) is 9.99 Å². The van der Waals surface area contributed by atoms with Crippen LogP contribution in [0, 0.1) is 0 Å². The van der Waals surface area contributed by atoms with Crippen molar-refractivity contribution in [2.45, 2.75) is 13.0 Å². The number of morpholine rings is 1. The maximum Gasteiger partial charge on any atom is 0.0705 e. The Morgan fingerprint density at radius 3 is 2.75 bits per heavy atom. The van der Waals surface area contributed by atoms with Gasteiger partial charge < -0.3 is 9.64 Å². The van der Waals surface area contributed by atoms with Gasteiger partial charge >= 0.3 is 0 Å². The van der Waals surface area contributed by atoms with Crippen molar-refractivity contribution >= 4 is 22.8 Å². The number of para-hydroxylation sites is 1. The average molecular weight is 372 g/mol. The van der Waals surface area contributed by atoms with Crippen LogP contribution in [0.15, 0.2) is 59.7 Å².